The van der Waals surface area contributed by atoms with Gasteiger partial charge in [-0.1, -0.05) is 0 Å². The Morgan fingerprint density at radius 1 is 1.26 bits per heavy atom. The lowest BCUT2D eigenvalue weighted by Crippen LogP contribution is -2.25. The van der Waals surface area contributed by atoms with E-state index in [1.165, 1.54) is 16.8 Å². The van der Waals surface area contributed by atoms with Crippen LogP contribution in [0.2, 0.25) is 0 Å². The minimum atomic E-state index is 0.844. The number of methoxy groups -OCH3 is 1. The molecule has 19 heavy (non-hydrogen) atoms. The molecule has 3 rings (SSSR count). The first kappa shape index (κ1) is 12.1. The van der Waals surface area contributed by atoms with Crippen LogP contribution in [0.1, 0.15) is 16.8 Å². The zero-order valence-corrected chi connectivity index (χ0v) is 11.2. The van der Waals surface area contributed by atoms with Gasteiger partial charge in [0.1, 0.15) is 12.1 Å². The first-order valence-corrected chi connectivity index (χ1v) is 6.48. The molecular weight excluding hydrogens is 238 g/mol. The summed E-state index contributed by atoms with van der Waals surface area (Å²) in [5.74, 6) is 0.877. The van der Waals surface area contributed by atoms with Gasteiger partial charge < -0.3 is 10.1 Å². The third-order valence-corrected chi connectivity index (χ3v) is 3.56. The number of benzene rings is 1. The lowest BCUT2D eigenvalue weighted by molar-refractivity contribution is 0.414. The minimum Gasteiger partial charge on any atom is -0.497 e. The van der Waals surface area contributed by atoms with Crippen molar-refractivity contribution in [1.82, 2.24) is 15.3 Å². The lowest BCUT2D eigenvalue weighted by Gasteiger charge is -2.19. The fraction of sp³-hybridized carbons (Fsp3) is 0.333. The SMILES string of the molecule is COc1ccc(-c2ncnc3c2CNCC3)c(C)c1. The molecule has 0 amide bonds. The van der Waals surface area contributed by atoms with Gasteiger partial charge in [-0.05, 0) is 30.7 Å². The van der Waals surface area contributed by atoms with Gasteiger partial charge in [0.25, 0.3) is 0 Å². The Kier molecular flexibility index (Phi) is 3.17. The Balaban J connectivity index is 2.12. The standard InChI is InChI=1S/C15H17N3O/c1-10-7-11(19-2)3-4-12(10)15-13-8-16-6-5-14(13)17-9-18-15/h3-4,7,9,16H,5-6,8H2,1-2H3. The second-order valence-corrected chi connectivity index (χ2v) is 4.76. The lowest BCUT2D eigenvalue weighted by atomic mass is 9.97. The van der Waals surface area contributed by atoms with Crippen molar-refractivity contribution >= 4 is 0 Å². The van der Waals surface area contributed by atoms with Crippen LogP contribution in [0.3, 0.4) is 0 Å². The summed E-state index contributed by atoms with van der Waals surface area (Å²) < 4.78 is 5.25. The molecule has 0 spiro atoms. The van der Waals surface area contributed by atoms with E-state index in [2.05, 4.69) is 28.3 Å². The predicted molar refractivity (Wildman–Crippen MR) is 74.2 cm³/mol. The van der Waals surface area contributed by atoms with Crippen molar-refractivity contribution in [3.8, 4) is 17.0 Å². The quantitative estimate of drug-likeness (QED) is 0.892. The molecule has 0 atom stereocenters. The normalized spacial score (nSPS) is 14.0. The maximum absolute atomic E-state index is 5.25. The van der Waals surface area contributed by atoms with Gasteiger partial charge in [-0.15, -0.1) is 0 Å². The Morgan fingerprint density at radius 3 is 2.95 bits per heavy atom. The molecule has 0 aliphatic carbocycles. The Bertz CT molecular complexity index is 610. The summed E-state index contributed by atoms with van der Waals surface area (Å²) in [6.07, 6.45) is 2.64. The van der Waals surface area contributed by atoms with Gasteiger partial charge in [-0.3, -0.25) is 0 Å². The number of hydrogen-bond acceptors (Lipinski definition) is 4. The molecule has 0 bridgehead atoms. The van der Waals surface area contributed by atoms with E-state index in [0.717, 1.165) is 36.5 Å². The second kappa shape index (κ2) is 4.97. The summed E-state index contributed by atoms with van der Waals surface area (Å²) in [5.41, 5.74) is 5.76. The zero-order valence-electron chi connectivity index (χ0n) is 11.2. The topological polar surface area (TPSA) is 47.0 Å². The van der Waals surface area contributed by atoms with Crippen molar-refractivity contribution < 1.29 is 4.74 Å². The molecule has 0 fully saturated rings. The van der Waals surface area contributed by atoms with E-state index in [-0.39, 0.29) is 0 Å². The first-order chi connectivity index (χ1) is 9.29. The highest BCUT2D eigenvalue weighted by Crippen LogP contribution is 2.29. The van der Waals surface area contributed by atoms with E-state index in [9.17, 15) is 0 Å². The summed E-state index contributed by atoms with van der Waals surface area (Å²) in [7, 11) is 1.69. The first-order valence-electron chi connectivity index (χ1n) is 6.48. The number of nitrogens with zero attached hydrogens (tertiary/aromatic N) is 2. The van der Waals surface area contributed by atoms with Crippen LogP contribution in [0.4, 0.5) is 0 Å². The van der Waals surface area contributed by atoms with Gasteiger partial charge in [0.05, 0.1) is 18.5 Å². The molecule has 1 N–H and O–H groups in total. The van der Waals surface area contributed by atoms with Crippen molar-refractivity contribution in [2.45, 2.75) is 19.9 Å². The highest BCUT2D eigenvalue weighted by Gasteiger charge is 2.17. The molecule has 2 aromatic rings. The number of nitrogens with one attached hydrogen (secondary N) is 1. The van der Waals surface area contributed by atoms with Crippen molar-refractivity contribution in [3.63, 3.8) is 0 Å². The highest BCUT2D eigenvalue weighted by atomic mass is 16.5. The predicted octanol–water partition coefficient (Wildman–Crippen LogP) is 2.11. The highest BCUT2D eigenvalue weighted by molar-refractivity contribution is 5.68. The van der Waals surface area contributed by atoms with Gasteiger partial charge in [-0.25, -0.2) is 9.97 Å². The molecule has 98 valence electrons. The average molecular weight is 255 g/mol. The van der Waals surface area contributed by atoms with E-state index in [1.807, 2.05) is 12.1 Å². The van der Waals surface area contributed by atoms with Crippen molar-refractivity contribution in [2.24, 2.45) is 0 Å². The Labute approximate surface area is 112 Å². The molecule has 4 heteroatoms. The van der Waals surface area contributed by atoms with Crippen LogP contribution in [0.25, 0.3) is 11.3 Å². The summed E-state index contributed by atoms with van der Waals surface area (Å²) in [4.78, 5) is 8.88. The zero-order chi connectivity index (χ0) is 13.2. The van der Waals surface area contributed by atoms with Crippen LogP contribution in [0.15, 0.2) is 24.5 Å². The molecule has 4 nitrogen and oxygen atoms in total. The van der Waals surface area contributed by atoms with E-state index in [1.54, 1.807) is 13.4 Å². The summed E-state index contributed by atoms with van der Waals surface area (Å²) in [5, 5.41) is 3.39. The molecular formula is C15H17N3O. The Hall–Kier alpha value is -1.94. The molecule has 0 radical (unpaired) electrons. The average Bonchev–Trinajstić information content (AvgIpc) is 2.46. The van der Waals surface area contributed by atoms with Crippen LogP contribution in [-0.4, -0.2) is 23.6 Å². The summed E-state index contributed by atoms with van der Waals surface area (Å²) in [6, 6.07) is 6.10. The smallest absolute Gasteiger partial charge is 0.119 e. The monoisotopic (exact) mass is 255 g/mol. The summed E-state index contributed by atoms with van der Waals surface area (Å²) in [6.45, 7) is 3.92. The molecule has 0 unspecified atom stereocenters. The van der Waals surface area contributed by atoms with E-state index in [4.69, 9.17) is 4.74 Å². The minimum absolute atomic E-state index is 0.844. The van der Waals surface area contributed by atoms with E-state index >= 15 is 0 Å². The maximum Gasteiger partial charge on any atom is 0.119 e. The van der Waals surface area contributed by atoms with Crippen LogP contribution >= 0.6 is 0 Å². The van der Waals surface area contributed by atoms with Crippen LogP contribution < -0.4 is 10.1 Å². The third-order valence-electron chi connectivity index (χ3n) is 3.56. The van der Waals surface area contributed by atoms with Gasteiger partial charge in [0, 0.05) is 30.6 Å². The van der Waals surface area contributed by atoms with Gasteiger partial charge in [0.2, 0.25) is 0 Å². The maximum atomic E-state index is 5.25. The number of ether oxygens (including phenoxy) is 1. The van der Waals surface area contributed by atoms with E-state index in [0.29, 0.717) is 0 Å². The molecule has 1 aromatic heterocycles. The molecule has 1 aromatic carbocycles. The summed E-state index contributed by atoms with van der Waals surface area (Å²) >= 11 is 0. The largest absolute Gasteiger partial charge is 0.497 e. The van der Waals surface area contributed by atoms with Gasteiger partial charge in [-0.2, -0.15) is 0 Å². The Morgan fingerprint density at radius 2 is 2.16 bits per heavy atom. The third kappa shape index (κ3) is 2.19. The van der Waals surface area contributed by atoms with Crippen LogP contribution in [0, 0.1) is 6.92 Å². The second-order valence-electron chi connectivity index (χ2n) is 4.76. The number of fused-ring (bicyclic) bond motifs is 1. The number of hydrogen-bond donors (Lipinski definition) is 1. The van der Waals surface area contributed by atoms with E-state index < -0.39 is 0 Å². The van der Waals surface area contributed by atoms with Crippen LogP contribution in [0.5, 0.6) is 5.75 Å². The molecule has 1 aliphatic rings. The van der Waals surface area contributed by atoms with Gasteiger partial charge >= 0.3 is 0 Å². The molecule has 0 saturated heterocycles. The van der Waals surface area contributed by atoms with Crippen molar-refractivity contribution in [2.75, 3.05) is 13.7 Å². The van der Waals surface area contributed by atoms with Crippen molar-refractivity contribution in [1.29, 1.82) is 0 Å². The molecule has 1 aliphatic heterocycles. The van der Waals surface area contributed by atoms with Gasteiger partial charge in [0.15, 0.2) is 0 Å². The number of rotatable bonds is 2. The fourth-order valence-electron chi connectivity index (χ4n) is 2.53. The fourth-order valence-corrected chi connectivity index (χ4v) is 2.53. The number of aromatic nitrogens is 2. The molecule has 0 saturated carbocycles. The van der Waals surface area contributed by atoms with Crippen LogP contribution in [-0.2, 0) is 13.0 Å². The molecule has 2 heterocycles. The van der Waals surface area contributed by atoms with Crippen molar-refractivity contribution in [3.05, 3.63) is 41.3 Å². The number of aryl methyl sites for hydroxylation is 1.